The first-order valence-electron chi connectivity index (χ1n) is 13.9. The van der Waals surface area contributed by atoms with Gasteiger partial charge < -0.3 is 19.7 Å². The van der Waals surface area contributed by atoms with Crippen LogP contribution in [-0.2, 0) is 14.3 Å². The standard InChI is InChI=1S/C28H47F3O5/c1-4-5-17-27(3,28(29,30)31)24(36-26-14-10-11-18-35-26)16-15-21-20(2)19-23(32)22(21)12-8-6-7-9-13-25(33)34/h6,8,20-24,26,32H,4-5,7,9-19H2,1-3H3,(H,33,34)/b8-6-/t20-,21+,22-,23+,24-,26?,27-/m1/s1. The van der Waals surface area contributed by atoms with Crippen LogP contribution in [0.2, 0.25) is 0 Å². The maximum Gasteiger partial charge on any atom is 0.396 e. The maximum atomic E-state index is 14.5. The third-order valence-corrected chi connectivity index (χ3v) is 8.35. The lowest BCUT2D eigenvalue weighted by Gasteiger charge is -2.42. The fourth-order valence-electron chi connectivity index (χ4n) is 5.92. The fourth-order valence-corrected chi connectivity index (χ4v) is 5.92. The molecule has 0 radical (unpaired) electrons. The molecule has 8 heteroatoms. The van der Waals surface area contributed by atoms with Crippen molar-refractivity contribution in [3.8, 4) is 0 Å². The number of aliphatic hydroxyl groups is 1. The zero-order chi connectivity index (χ0) is 26.8. The van der Waals surface area contributed by atoms with Crippen molar-refractivity contribution >= 4 is 5.97 Å². The molecule has 1 unspecified atom stereocenters. The van der Waals surface area contributed by atoms with E-state index in [1.54, 1.807) is 0 Å². The maximum absolute atomic E-state index is 14.5. The molecule has 0 bridgehead atoms. The van der Waals surface area contributed by atoms with E-state index in [-0.39, 0.29) is 37.0 Å². The van der Waals surface area contributed by atoms with Crippen LogP contribution in [0.25, 0.3) is 0 Å². The Morgan fingerprint density at radius 1 is 1.19 bits per heavy atom. The molecule has 1 saturated heterocycles. The van der Waals surface area contributed by atoms with Gasteiger partial charge in [0.1, 0.15) is 0 Å². The number of carboxylic acid groups (broad SMARTS) is 1. The minimum absolute atomic E-state index is 0.0184. The van der Waals surface area contributed by atoms with Gasteiger partial charge in [0, 0.05) is 13.0 Å². The lowest BCUT2D eigenvalue weighted by molar-refractivity contribution is -0.291. The van der Waals surface area contributed by atoms with Crippen LogP contribution in [0.1, 0.15) is 104 Å². The molecule has 7 atom stereocenters. The molecule has 0 aromatic rings. The summed E-state index contributed by atoms with van der Waals surface area (Å²) in [5, 5.41) is 19.5. The predicted molar refractivity (Wildman–Crippen MR) is 133 cm³/mol. The van der Waals surface area contributed by atoms with Crippen LogP contribution in [0, 0.1) is 23.2 Å². The van der Waals surface area contributed by atoms with E-state index in [1.165, 1.54) is 6.92 Å². The molecular weight excluding hydrogens is 473 g/mol. The topological polar surface area (TPSA) is 76.0 Å². The Hall–Kier alpha value is -1.12. The lowest BCUT2D eigenvalue weighted by Crippen LogP contribution is -2.48. The number of aliphatic carboxylic acids is 1. The summed E-state index contributed by atoms with van der Waals surface area (Å²) < 4.78 is 55.2. The summed E-state index contributed by atoms with van der Waals surface area (Å²) in [5.41, 5.74) is -1.95. The second-order valence-corrected chi connectivity index (χ2v) is 11.1. The SMILES string of the molecule is CCCC[C@](C)([C@@H](CC[C@@H]1[C@@H](C/C=C\CCCC(=O)O)[C@@H](O)C[C@H]1C)OC1CCCCO1)C(F)(F)F. The third kappa shape index (κ3) is 9.02. The summed E-state index contributed by atoms with van der Waals surface area (Å²) in [4.78, 5) is 10.7. The number of hydrogen-bond acceptors (Lipinski definition) is 4. The highest BCUT2D eigenvalue weighted by molar-refractivity contribution is 5.66. The van der Waals surface area contributed by atoms with E-state index in [9.17, 15) is 23.1 Å². The Morgan fingerprint density at radius 2 is 1.94 bits per heavy atom. The quantitative estimate of drug-likeness (QED) is 0.175. The highest BCUT2D eigenvalue weighted by atomic mass is 19.4. The Kier molecular flexibility index (Phi) is 12.7. The van der Waals surface area contributed by atoms with Gasteiger partial charge in [0.25, 0.3) is 0 Å². The second-order valence-electron chi connectivity index (χ2n) is 11.1. The van der Waals surface area contributed by atoms with Gasteiger partial charge in [-0.25, -0.2) is 0 Å². The van der Waals surface area contributed by atoms with E-state index in [1.807, 2.05) is 19.1 Å². The van der Waals surface area contributed by atoms with Crippen LogP contribution < -0.4 is 0 Å². The van der Waals surface area contributed by atoms with Crippen LogP contribution >= 0.6 is 0 Å². The summed E-state index contributed by atoms with van der Waals surface area (Å²) in [5.74, 6) is -0.519. The van der Waals surface area contributed by atoms with Crippen molar-refractivity contribution in [3.05, 3.63) is 12.2 Å². The van der Waals surface area contributed by atoms with Crippen LogP contribution in [0.15, 0.2) is 12.2 Å². The van der Waals surface area contributed by atoms with Gasteiger partial charge in [-0.15, -0.1) is 0 Å². The minimum atomic E-state index is -4.39. The van der Waals surface area contributed by atoms with Gasteiger partial charge in [-0.05, 0) is 88.9 Å². The Labute approximate surface area is 214 Å². The molecule has 1 saturated carbocycles. The van der Waals surface area contributed by atoms with Crippen LogP contribution in [0.5, 0.6) is 0 Å². The summed E-state index contributed by atoms with van der Waals surface area (Å²) in [6.45, 7) is 5.80. The second kappa shape index (κ2) is 14.7. The van der Waals surface area contributed by atoms with Gasteiger partial charge in [0.15, 0.2) is 6.29 Å². The molecular formula is C28H47F3O5. The molecule has 210 valence electrons. The van der Waals surface area contributed by atoms with Gasteiger partial charge in [-0.2, -0.15) is 13.2 Å². The molecule has 1 aliphatic heterocycles. The number of unbranched alkanes of at least 4 members (excludes halogenated alkanes) is 2. The van der Waals surface area contributed by atoms with Crippen molar-refractivity contribution in [2.75, 3.05) is 6.61 Å². The Balaban J connectivity index is 2.11. The van der Waals surface area contributed by atoms with E-state index in [0.717, 1.165) is 12.8 Å². The number of carboxylic acids is 1. The number of allylic oxidation sites excluding steroid dienone is 2. The average molecular weight is 521 g/mol. The van der Waals surface area contributed by atoms with Crippen molar-refractivity contribution in [1.82, 2.24) is 0 Å². The summed E-state index contributed by atoms with van der Waals surface area (Å²) >= 11 is 0. The van der Waals surface area contributed by atoms with Crippen molar-refractivity contribution in [2.24, 2.45) is 23.2 Å². The minimum Gasteiger partial charge on any atom is -0.481 e. The van der Waals surface area contributed by atoms with Gasteiger partial charge in [-0.3, -0.25) is 4.79 Å². The highest BCUT2D eigenvalue weighted by Crippen LogP contribution is 2.50. The van der Waals surface area contributed by atoms with E-state index < -0.39 is 36.1 Å². The normalized spacial score (nSPS) is 29.9. The molecule has 0 aromatic carbocycles. The van der Waals surface area contributed by atoms with E-state index in [4.69, 9.17) is 14.6 Å². The molecule has 5 nitrogen and oxygen atoms in total. The smallest absolute Gasteiger partial charge is 0.396 e. The first kappa shape index (κ1) is 31.1. The molecule has 0 aromatic heterocycles. The number of rotatable bonds is 15. The first-order chi connectivity index (χ1) is 17.0. The van der Waals surface area contributed by atoms with Crippen molar-refractivity contribution < 1.29 is 37.7 Å². The molecule has 1 heterocycles. The summed E-state index contributed by atoms with van der Waals surface area (Å²) in [7, 11) is 0. The predicted octanol–water partition coefficient (Wildman–Crippen LogP) is 7.27. The number of hydrogen-bond donors (Lipinski definition) is 2. The average Bonchev–Trinajstić information content (AvgIpc) is 3.08. The molecule has 2 fully saturated rings. The number of alkyl halides is 3. The lowest BCUT2D eigenvalue weighted by atomic mass is 9.74. The number of aliphatic hydroxyl groups excluding tert-OH is 1. The highest BCUT2D eigenvalue weighted by Gasteiger charge is 2.56. The summed E-state index contributed by atoms with van der Waals surface area (Å²) in [6.07, 6.45) is 4.56. The van der Waals surface area contributed by atoms with E-state index >= 15 is 0 Å². The fraction of sp³-hybridized carbons (Fsp3) is 0.893. The van der Waals surface area contributed by atoms with E-state index in [2.05, 4.69) is 6.92 Å². The van der Waals surface area contributed by atoms with Crippen molar-refractivity contribution in [2.45, 2.75) is 129 Å². The molecule has 0 amide bonds. The van der Waals surface area contributed by atoms with Crippen LogP contribution in [0.4, 0.5) is 13.2 Å². The number of carbonyl (C=O) groups is 1. The molecule has 1 aliphatic carbocycles. The van der Waals surface area contributed by atoms with Gasteiger partial charge >= 0.3 is 12.1 Å². The zero-order valence-electron chi connectivity index (χ0n) is 22.3. The third-order valence-electron chi connectivity index (χ3n) is 8.35. The molecule has 2 rings (SSSR count). The van der Waals surface area contributed by atoms with Crippen molar-refractivity contribution in [1.29, 1.82) is 0 Å². The van der Waals surface area contributed by atoms with Gasteiger partial charge in [0.05, 0.1) is 17.6 Å². The molecule has 0 spiro atoms. The zero-order valence-corrected chi connectivity index (χ0v) is 22.3. The largest absolute Gasteiger partial charge is 0.481 e. The van der Waals surface area contributed by atoms with Gasteiger partial charge in [-0.1, -0.05) is 38.8 Å². The molecule has 36 heavy (non-hydrogen) atoms. The van der Waals surface area contributed by atoms with Crippen LogP contribution in [0.3, 0.4) is 0 Å². The molecule has 2 N–H and O–H groups in total. The van der Waals surface area contributed by atoms with Gasteiger partial charge in [0.2, 0.25) is 0 Å². The van der Waals surface area contributed by atoms with Crippen LogP contribution in [-0.4, -0.2) is 47.5 Å². The van der Waals surface area contributed by atoms with Crippen molar-refractivity contribution in [3.63, 3.8) is 0 Å². The number of ether oxygens (including phenoxy) is 2. The number of halogens is 3. The Bertz CT molecular complexity index is 677. The van der Waals surface area contributed by atoms with E-state index in [0.29, 0.717) is 58.0 Å². The Morgan fingerprint density at radius 3 is 2.56 bits per heavy atom. The monoisotopic (exact) mass is 520 g/mol. The first-order valence-corrected chi connectivity index (χ1v) is 13.9. The molecule has 2 aliphatic rings. The summed E-state index contributed by atoms with van der Waals surface area (Å²) in [6, 6.07) is 0.